The van der Waals surface area contributed by atoms with Gasteiger partial charge in [0.15, 0.2) is 17.3 Å². The van der Waals surface area contributed by atoms with Crippen molar-refractivity contribution in [2.75, 3.05) is 7.11 Å². The second-order valence-electron chi connectivity index (χ2n) is 3.78. The molecule has 1 aromatic heterocycles. The molecule has 0 aliphatic carbocycles. The van der Waals surface area contributed by atoms with Crippen LogP contribution >= 0.6 is 0 Å². The van der Waals surface area contributed by atoms with Gasteiger partial charge in [0.25, 0.3) is 0 Å². The van der Waals surface area contributed by atoms with Crippen LogP contribution in [0.3, 0.4) is 0 Å². The molecule has 2 rings (SSSR count). The molecule has 5 nitrogen and oxygen atoms in total. The third-order valence-electron chi connectivity index (χ3n) is 2.63. The fourth-order valence-electron chi connectivity index (χ4n) is 1.75. The highest BCUT2D eigenvalue weighted by atomic mass is 19.2. The van der Waals surface area contributed by atoms with Crippen molar-refractivity contribution in [2.24, 2.45) is 7.05 Å². The highest BCUT2D eigenvalue weighted by Gasteiger charge is 2.21. The average Bonchev–Trinajstić information content (AvgIpc) is 2.74. The van der Waals surface area contributed by atoms with Crippen LogP contribution in [-0.2, 0) is 7.05 Å². The summed E-state index contributed by atoms with van der Waals surface area (Å²) in [5.41, 5.74) is -0.306. The van der Waals surface area contributed by atoms with Crippen LogP contribution in [0, 0.1) is 11.6 Å². The van der Waals surface area contributed by atoms with Crippen LogP contribution < -0.4 is 4.74 Å². The normalized spacial score (nSPS) is 10.5. The van der Waals surface area contributed by atoms with E-state index in [1.807, 2.05) is 0 Å². The molecule has 100 valence electrons. The maximum absolute atomic E-state index is 13.9. The first-order valence-corrected chi connectivity index (χ1v) is 5.25. The molecule has 0 aliphatic rings. The number of carboxylic acid groups (broad SMARTS) is 1. The number of methoxy groups -OCH3 is 1. The lowest BCUT2D eigenvalue weighted by Gasteiger charge is -2.10. The van der Waals surface area contributed by atoms with Crippen LogP contribution in [0.15, 0.2) is 18.2 Å². The Bertz CT molecular complexity index is 653. The van der Waals surface area contributed by atoms with Crippen LogP contribution in [0.5, 0.6) is 5.75 Å². The lowest BCUT2D eigenvalue weighted by Crippen LogP contribution is -2.01. The molecule has 0 radical (unpaired) electrons. The molecule has 0 saturated carbocycles. The van der Waals surface area contributed by atoms with E-state index in [0.717, 1.165) is 16.8 Å². The van der Waals surface area contributed by atoms with E-state index in [-0.39, 0.29) is 22.7 Å². The Balaban J connectivity index is 2.71. The Hall–Kier alpha value is -2.44. The number of rotatable bonds is 3. The Kier molecular flexibility index (Phi) is 3.20. The minimum atomic E-state index is -1.25. The summed E-state index contributed by atoms with van der Waals surface area (Å²) >= 11 is 0. The highest BCUT2D eigenvalue weighted by Crippen LogP contribution is 2.33. The predicted octanol–water partition coefficient (Wildman–Crippen LogP) is 2.07. The minimum Gasteiger partial charge on any atom is -0.496 e. The van der Waals surface area contributed by atoms with Crippen molar-refractivity contribution in [3.8, 4) is 17.0 Å². The molecule has 7 heteroatoms. The summed E-state index contributed by atoms with van der Waals surface area (Å²) < 4.78 is 33.3. The van der Waals surface area contributed by atoms with Crippen molar-refractivity contribution >= 4 is 5.97 Å². The Morgan fingerprint density at radius 2 is 2.11 bits per heavy atom. The summed E-state index contributed by atoms with van der Waals surface area (Å²) in [4.78, 5) is 10.8. The zero-order chi connectivity index (χ0) is 14.2. The van der Waals surface area contributed by atoms with Gasteiger partial charge in [0.05, 0.1) is 18.4 Å². The zero-order valence-corrected chi connectivity index (χ0v) is 10.1. The Labute approximate surface area is 107 Å². The molecule has 0 bridgehead atoms. The van der Waals surface area contributed by atoms with Gasteiger partial charge >= 0.3 is 5.97 Å². The molecule has 0 saturated heterocycles. The van der Waals surface area contributed by atoms with E-state index < -0.39 is 17.6 Å². The molecule has 1 heterocycles. The molecule has 0 amide bonds. The van der Waals surface area contributed by atoms with Gasteiger partial charge < -0.3 is 9.84 Å². The molecule has 0 atom stereocenters. The molecule has 0 spiro atoms. The van der Waals surface area contributed by atoms with Gasteiger partial charge in [0.1, 0.15) is 5.75 Å². The second kappa shape index (κ2) is 4.68. The smallest absolute Gasteiger partial charge is 0.356 e. The van der Waals surface area contributed by atoms with E-state index >= 15 is 0 Å². The fraction of sp³-hybridized carbons (Fsp3) is 0.167. The van der Waals surface area contributed by atoms with E-state index in [4.69, 9.17) is 9.84 Å². The summed E-state index contributed by atoms with van der Waals surface area (Å²) in [7, 11) is 2.75. The average molecular weight is 268 g/mol. The maximum Gasteiger partial charge on any atom is 0.356 e. The number of carboxylic acids is 1. The van der Waals surface area contributed by atoms with Crippen molar-refractivity contribution in [2.45, 2.75) is 0 Å². The SMILES string of the molecule is COc1ccc(F)c(F)c1-c1cc(C(=O)O)nn1C. The summed E-state index contributed by atoms with van der Waals surface area (Å²) in [6.07, 6.45) is 0. The lowest BCUT2D eigenvalue weighted by molar-refractivity contribution is 0.0689. The first-order valence-electron chi connectivity index (χ1n) is 5.25. The number of halogens is 2. The van der Waals surface area contributed by atoms with Gasteiger partial charge in [-0.15, -0.1) is 0 Å². The topological polar surface area (TPSA) is 64.3 Å². The number of nitrogens with zero attached hydrogens (tertiary/aromatic N) is 2. The van der Waals surface area contributed by atoms with Gasteiger partial charge in [0.2, 0.25) is 0 Å². The molecule has 1 aromatic carbocycles. The summed E-state index contributed by atoms with van der Waals surface area (Å²) in [6, 6.07) is 3.36. The van der Waals surface area contributed by atoms with Crippen molar-refractivity contribution in [1.29, 1.82) is 0 Å². The molecule has 2 aromatic rings. The highest BCUT2D eigenvalue weighted by molar-refractivity contribution is 5.87. The monoisotopic (exact) mass is 268 g/mol. The number of hydrogen-bond donors (Lipinski definition) is 1. The van der Waals surface area contributed by atoms with Gasteiger partial charge in [-0.1, -0.05) is 0 Å². The second-order valence-corrected chi connectivity index (χ2v) is 3.78. The minimum absolute atomic E-state index is 0.0961. The van der Waals surface area contributed by atoms with Crippen LogP contribution in [0.25, 0.3) is 11.3 Å². The van der Waals surface area contributed by atoms with Crippen molar-refractivity contribution in [3.63, 3.8) is 0 Å². The maximum atomic E-state index is 13.9. The van der Waals surface area contributed by atoms with E-state index in [1.54, 1.807) is 0 Å². The first kappa shape index (κ1) is 13.0. The van der Waals surface area contributed by atoms with Crippen LogP contribution in [-0.4, -0.2) is 28.0 Å². The molecule has 1 N–H and O–H groups in total. The van der Waals surface area contributed by atoms with Gasteiger partial charge in [-0.2, -0.15) is 5.10 Å². The van der Waals surface area contributed by atoms with Gasteiger partial charge in [-0.05, 0) is 18.2 Å². The van der Waals surface area contributed by atoms with Crippen molar-refractivity contribution in [1.82, 2.24) is 9.78 Å². The summed E-state index contributed by atoms with van der Waals surface area (Å²) in [5, 5.41) is 12.6. The lowest BCUT2D eigenvalue weighted by atomic mass is 10.1. The number of aromatic nitrogens is 2. The largest absolute Gasteiger partial charge is 0.496 e. The molecular weight excluding hydrogens is 258 g/mol. The quantitative estimate of drug-likeness (QED) is 0.925. The third-order valence-corrected chi connectivity index (χ3v) is 2.63. The van der Waals surface area contributed by atoms with E-state index in [2.05, 4.69) is 5.10 Å². The van der Waals surface area contributed by atoms with Crippen LogP contribution in [0.2, 0.25) is 0 Å². The van der Waals surface area contributed by atoms with E-state index in [9.17, 15) is 13.6 Å². The van der Waals surface area contributed by atoms with Gasteiger partial charge in [-0.25, -0.2) is 13.6 Å². The third kappa shape index (κ3) is 2.14. The number of benzene rings is 1. The Morgan fingerprint density at radius 3 is 2.63 bits per heavy atom. The van der Waals surface area contributed by atoms with Gasteiger partial charge in [-0.3, -0.25) is 4.68 Å². The predicted molar refractivity (Wildman–Crippen MR) is 62.1 cm³/mol. The van der Waals surface area contributed by atoms with Crippen molar-refractivity contribution in [3.05, 3.63) is 35.5 Å². The number of hydrogen-bond acceptors (Lipinski definition) is 3. The van der Waals surface area contributed by atoms with E-state index in [1.165, 1.54) is 20.2 Å². The van der Waals surface area contributed by atoms with Crippen LogP contribution in [0.4, 0.5) is 8.78 Å². The number of ether oxygens (including phenoxy) is 1. The standard InChI is InChI=1S/C12H10F2N2O3/c1-16-8(5-7(15-16)12(17)18)10-9(19-2)4-3-6(13)11(10)14/h3-5H,1-2H3,(H,17,18). The zero-order valence-electron chi connectivity index (χ0n) is 10.1. The Morgan fingerprint density at radius 1 is 1.42 bits per heavy atom. The molecule has 19 heavy (non-hydrogen) atoms. The molecule has 0 unspecified atom stereocenters. The van der Waals surface area contributed by atoms with E-state index in [0.29, 0.717) is 0 Å². The number of carbonyl (C=O) groups is 1. The van der Waals surface area contributed by atoms with Crippen molar-refractivity contribution < 1.29 is 23.4 Å². The molecule has 0 fully saturated rings. The van der Waals surface area contributed by atoms with Crippen LogP contribution in [0.1, 0.15) is 10.5 Å². The first-order chi connectivity index (χ1) is 8.95. The molecule has 0 aliphatic heterocycles. The van der Waals surface area contributed by atoms with Gasteiger partial charge in [0, 0.05) is 7.05 Å². The molecular formula is C12H10F2N2O3. The summed E-state index contributed by atoms with van der Waals surface area (Å²) in [5.74, 6) is -3.32. The summed E-state index contributed by atoms with van der Waals surface area (Å²) in [6.45, 7) is 0. The number of aryl methyl sites for hydroxylation is 1. The fourth-order valence-corrected chi connectivity index (χ4v) is 1.75. The number of aromatic carboxylic acids is 1.